The number of rotatable bonds is 2. The van der Waals surface area contributed by atoms with E-state index in [9.17, 15) is 12.8 Å². The molecule has 0 spiro atoms. The molecule has 2 aliphatic rings. The van der Waals surface area contributed by atoms with E-state index in [1.54, 1.807) is 36.5 Å². The monoisotopic (exact) mass is 289 g/mol. The van der Waals surface area contributed by atoms with Gasteiger partial charge in [0, 0.05) is 30.0 Å². The number of sulfone groups is 1. The fourth-order valence-electron chi connectivity index (χ4n) is 2.27. The SMILES string of the molecule is CS(=O)(=O)c1ccc(C2=CN=C3CC(F)=CC=C23)cc1. The van der Waals surface area contributed by atoms with Gasteiger partial charge in [-0.3, -0.25) is 4.99 Å². The zero-order valence-corrected chi connectivity index (χ0v) is 11.6. The van der Waals surface area contributed by atoms with Gasteiger partial charge in [0.25, 0.3) is 0 Å². The summed E-state index contributed by atoms with van der Waals surface area (Å²) in [6, 6.07) is 6.64. The second-order valence-corrected chi connectivity index (χ2v) is 6.80. The highest BCUT2D eigenvalue weighted by Crippen LogP contribution is 2.34. The minimum atomic E-state index is -3.20. The summed E-state index contributed by atoms with van der Waals surface area (Å²) in [4.78, 5) is 4.51. The molecule has 0 saturated carbocycles. The molecule has 1 heterocycles. The average molecular weight is 289 g/mol. The van der Waals surface area contributed by atoms with Gasteiger partial charge in [0.05, 0.1) is 10.6 Å². The van der Waals surface area contributed by atoms with Crippen molar-refractivity contribution < 1.29 is 12.8 Å². The van der Waals surface area contributed by atoms with Crippen molar-refractivity contribution in [3.8, 4) is 0 Å². The Morgan fingerprint density at radius 3 is 2.45 bits per heavy atom. The largest absolute Gasteiger partial charge is 0.260 e. The third kappa shape index (κ3) is 2.25. The van der Waals surface area contributed by atoms with Crippen LogP contribution in [0.4, 0.5) is 4.39 Å². The van der Waals surface area contributed by atoms with Gasteiger partial charge in [-0.15, -0.1) is 0 Å². The highest BCUT2D eigenvalue weighted by atomic mass is 32.2. The lowest BCUT2D eigenvalue weighted by molar-refractivity contribution is 0.602. The van der Waals surface area contributed by atoms with Crippen molar-refractivity contribution >= 4 is 21.1 Å². The van der Waals surface area contributed by atoms with Crippen LogP contribution in [-0.4, -0.2) is 20.4 Å². The number of hydrogen-bond acceptors (Lipinski definition) is 3. The molecule has 1 aromatic carbocycles. The van der Waals surface area contributed by atoms with E-state index in [2.05, 4.69) is 4.99 Å². The van der Waals surface area contributed by atoms with Gasteiger partial charge in [-0.2, -0.15) is 0 Å². The van der Waals surface area contributed by atoms with Gasteiger partial charge < -0.3 is 0 Å². The molecule has 0 radical (unpaired) electrons. The predicted octanol–water partition coefficient (Wildman–Crippen LogP) is 3.07. The van der Waals surface area contributed by atoms with Crippen molar-refractivity contribution in [2.75, 3.05) is 6.26 Å². The number of hydrogen-bond donors (Lipinski definition) is 0. The molecular formula is C15H12FNO2S. The Labute approximate surface area is 116 Å². The Hall–Kier alpha value is -2.01. The molecule has 3 nitrogen and oxygen atoms in total. The van der Waals surface area contributed by atoms with Crippen molar-refractivity contribution in [1.29, 1.82) is 0 Å². The lowest BCUT2D eigenvalue weighted by atomic mass is 9.93. The maximum absolute atomic E-state index is 13.2. The van der Waals surface area contributed by atoms with Crippen LogP contribution in [-0.2, 0) is 9.84 Å². The quantitative estimate of drug-likeness (QED) is 0.840. The van der Waals surface area contributed by atoms with Crippen molar-refractivity contribution in [2.24, 2.45) is 4.99 Å². The van der Waals surface area contributed by atoms with Gasteiger partial charge in [0.15, 0.2) is 9.84 Å². The zero-order valence-electron chi connectivity index (χ0n) is 10.8. The molecule has 20 heavy (non-hydrogen) atoms. The normalized spacial score (nSPS) is 17.9. The lowest BCUT2D eigenvalue weighted by Crippen LogP contribution is -2.05. The van der Waals surface area contributed by atoms with Crippen LogP contribution >= 0.6 is 0 Å². The van der Waals surface area contributed by atoms with Crippen molar-refractivity contribution in [3.05, 3.63) is 59.6 Å². The number of halogens is 1. The Bertz CT molecular complexity index is 797. The summed E-state index contributed by atoms with van der Waals surface area (Å²) in [5, 5.41) is 0. The molecule has 0 bridgehead atoms. The third-order valence-corrected chi connectivity index (χ3v) is 4.44. The summed E-state index contributed by atoms with van der Waals surface area (Å²) in [7, 11) is -3.20. The van der Waals surface area contributed by atoms with Crippen LogP contribution in [0, 0.1) is 0 Å². The van der Waals surface area contributed by atoms with E-state index in [0.29, 0.717) is 5.71 Å². The van der Waals surface area contributed by atoms with Gasteiger partial charge >= 0.3 is 0 Å². The second-order valence-electron chi connectivity index (χ2n) is 4.79. The van der Waals surface area contributed by atoms with Crippen molar-refractivity contribution in [2.45, 2.75) is 11.3 Å². The molecule has 0 N–H and O–H groups in total. The smallest absolute Gasteiger partial charge is 0.175 e. The maximum atomic E-state index is 13.2. The Morgan fingerprint density at radius 1 is 1.10 bits per heavy atom. The highest BCUT2D eigenvalue weighted by molar-refractivity contribution is 7.90. The number of fused-ring (bicyclic) bond motifs is 1. The summed E-state index contributed by atoms with van der Waals surface area (Å²) in [6.45, 7) is 0. The molecule has 1 aliphatic carbocycles. The average Bonchev–Trinajstić information content (AvgIpc) is 2.80. The Balaban J connectivity index is 1.96. The van der Waals surface area contributed by atoms with Gasteiger partial charge in [0.1, 0.15) is 5.83 Å². The first-order chi connectivity index (χ1) is 9.45. The first kappa shape index (κ1) is 13.0. The lowest BCUT2D eigenvalue weighted by Gasteiger charge is -2.11. The molecule has 0 amide bonds. The number of benzene rings is 1. The Kier molecular flexibility index (Phi) is 2.94. The van der Waals surface area contributed by atoms with Crippen LogP contribution in [0.5, 0.6) is 0 Å². The van der Waals surface area contributed by atoms with Crippen LogP contribution in [0.3, 0.4) is 0 Å². The van der Waals surface area contributed by atoms with Gasteiger partial charge in [-0.1, -0.05) is 12.1 Å². The molecule has 5 heteroatoms. The topological polar surface area (TPSA) is 46.5 Å². The first-order valence-corrected chi connectivity index (χ1v) is 7.99. The summed E-state index contributed by atoms with van der Waals surface area (Å²) < 4.78 is 36.0. The van der Waals surface area contributed by atoms with Gasteiger partial charge in [0.2, 0.25) is 0 Å². The van der Waals surface area contributed by atoms with Crippen LogP contribution < -0.4 is 0 Å². The summed E-state index contributed by atoms with van der Waals surface area (Å²) in [6.07, 6.45) is 6.24. The molecule has 0 fully saturated rings. The number of aliphatic imine (C=N–C) groups is 1. The van der Waals surface area contributed by atoms with E-state index in [1.807, 2.05) is 0 Å². The number of allylic oxidation sites excluding steroid dienone is 5. The molecule has 1 aromatic rings. The van der Waals surface area contributed by atoms with Crippen LogP contribution in [0.2, 0.25) is 0 Å². The molecule has 0 unspecified atom stereocenters. The molecule has 0 aromatic heterocycles. The maximum Gasteiger partial charge on any atom is 0.175 e. The summed E-state index contributed by atoms with van der Waals surface area (Å²) in [5.41, 5.74) is 3.38. The molecular weight excluding hydrogens is 277 g/mol. The minimum absolute atomic E-state index is 0.199. The first-order valence-electron chi connectivity index (χ1n) is 6.09. The van der Waals surface area contributed by atoms with Crippen LogP contribution in [0.15, 0.2) is 63.9 Å². The van der Waals surface area contributed by atoms with E-state index in [-0.39, 0.29) is 17.1 Å². The summed E-state index contributed by atoms with van der Waals surface area (Å²) in [5.74, 6) is -0.199. The fourth-order valence-corrected chi connectivity index (χ4v) is 2.90. The van der Waals surface area contributed by atoms with E-state index < -0.39 is 9.84 Å². The third-order valence-electron chi connectivity index (χ3n) is 3.31. The van der Waals surface area contributed by atoms with Crippen LogP contribution in [0.1, 0.15) is 12.0 Å². The van der Waals surface area contributed by atoms with Crippen molar-refractivity contribution in [3.63, 3.8) is 0 Å². The zero-order chi connectivity index (χ0) is 14.3. The standard InChI is InChI=1S/C15H12FNO2S/c1-20(18,19)12-5-2-10(3-6-12)14-9-17-15-8-11(16)4-7-13(14)15/h2-7,9H,8H2,1H3. The van der Waals surface area contributed by atoms with E-state index in [0.717, 1.165) is 16.7 Å². The predicted molar refractivity (Wildman–Crippen MR) is 76.9 cm³/mol. The Morgan fingerprint density at radius 2 is 1.80 bits per heavy atom. The van der Waals surface area contributed by atoms with E-state index >= 15 is 0 Å². The van der Waals surface area contributed by atoms with Gasteiger partial charge in [-0.25, -0.2) is 12.8 Å². The second kappa shape index (κ2) is 4.52. The number of nitrogens with zero attached hydrogens (tertiary/aromatic N) is 1. The molecule has 1 aliphatic heterocycles. The van der Waals surface area contributed by atoms with E-state index in [1.165, 1.54) is 12.3 Å². The van der Waals surface area contributed by atoms with Crippen molar-refractivity contribution in [1.82, 2.24) is 0 Å². The van der Waals surface area contributed by atoms with Crippen LogP contribution in [0.25, 0.3) is 5.57 Å². The van der Waals surface area contributed by atoms with E-state index in [4.69, 9.17) is 0 Å². The fraction of sp³-hybridized carbons (Fsp3) is 0.133. The molecule has 0 atom stereocenters. The molecule has 3 rings (SSSR count). The summed E-state index contributed by atoms with van der Waals surface area (Å²) >= 11 is 0. The van der Waals surface area contributed by atoms with Gasteiger partial charge in [-0.05, 0) is 29.8 Å². The minimum Gasteiger partial charge on any atom is -0.260 e. The highest BCUT2D eigenvalue weighted by Gasteiger charge is 2.22. The molecule has 0 saturated heterocycles. The molecule has 102 valence electrons.